The van der Waals surface area contributed by atoms with Gasteiger partial charge in [0.25, 0.3) is 5.91 Å². The lowest BCUT2D eigenvalue weighted by molar-refractivity contribution is -0.132. The van der Waals surface area contributed by atoms with Crippen LogP contribution in [0.4, 0.5) is 0 Å². The molecule has 1 aromatic rings. The van der Waals surface area contributed by atoms with Crippen molar-refractivity contribution in [2.45, 2.75) is 25.7 Å². The summed E-state index contributed by atoms with van der Waals surface area (Å²) >= 11 is 6.62. The molecule has 0 N–H and O–H groups in total. The van der Waals surface area contributed by atoms with E-state index >= 15 is 0 Å². The van der Waals surface area contributed by atoms with Gasteiger partial charge in [-0.2, -0.15) is 0 Å². The van der Waals surface area contributed by atoms with E-state index in [1.54, 1.807) is 13.2 Å². The zero-order valence-corrected chi connectivity index (χ0v) is 16.4. The third-order valence-corrected chi connectivity index (χ3v) is 5.93. The zero-order chi connectivity index (χ0) is 18.5. The number of hydrogen-bond donors (Lipinski definition) is 0. The molecule has 0 bridgehead atoms. The van der Waals surface area contributed by atoms with E-state index < -0.39 is 0 Å². The van der Waals surface area contributed by atoms with E-state index in [4.69, 9.17) is 17.0 Å². The molecule has 0 atom stereocenters. The Kier molecular flexibility index (Phi) is 6.32. The lowest BCUT2D eigenvalue weighted by Crippen LogP contribution is -2.38. The number of carbonyl (C=O) groups is 2. The number of hydrogen-bond acceptors (Lipinski definition) is 5. The quantitative estimate of drug-likeness (QED) is 0.570. The Morgan fingerprint density at radius 3 is 2.73 bits per heavy atom. The normalized spacial score (nSPS) is 19.3. The number of methoxy groups -OCH3 is 1. The number of para-hydroxylation sites is 1. The molecule has 5 nitrogen and oxygen atoms in total. The van der Waals surface area contributed by atoms with Crippen LogP contribution >= 0.6 is 24.0 Å². The molecule has 0 aromatic heterocycles. The van der Waals surface area contributed by atoms with Crippen molar-refractivity contribution >= 4 is 46.2 Å². The van der Waals surface area contributed by atoms with Crippen LogP contribution in [-0.2, 0) is 9.59 Å². The van der Waals surface area contributed by atoms with Crippen LogP contribution in [0.2, 0.25) is 0 Å². The number of carbonyl (C=O) groups excluding carboxylic acids is 2. The van der Waals surface area contributed by atoms with E-state index in [1.165, 1.54) is 23.1 Å². The Morgan fingerprint density at radius 1 is 1.27 bits per heavy atom. The van der Waals surface area contributed by atoms with Crippen molar-refractivity contribution in [2.24, 2.45) is 0 Å². The summed E-state index contributed by atoms with van der Waals surface area (Å²) in [4.78, 5) is 29.0. The summed E-state index contributed by atoms with van der Waals surface area (Å²) in [7, 11) is 1.60. The molecule has 3 rings (SSSR count). The fraction of sp³-hybridized carbons (Fsp3) is 0.421. The average Bonchev–Trinajstić information content (AvgIpc) is 2.94. The van der Waals surface area contributed by atoms with Crippen LogP contribution in [0.5, 0.6) is 5.75 Å². The highest BCUT2D eigenvalue weighted by Crippen LogP contribution is 2.34. The maximum absolute atomic E-state index is 12.7. The van der Waals surface area contributed by atoms with Crippen LogP contribution in [0, 0.1) is 0 Å². The first-order valence-electron chi connectivity index (χ1n) is 8.76. The highest BCUT2D eigenvalue weighted by Gasteiger charge is 2.32. The van der Waals surface area contributed by atoms with Gasteiger partial charge in [-0.05, 0) is 31.4 Å². The van der Waals surface area contributed by atoms with E-state index in [0.717, 1.165) is 31.5 Å². The Balaban J connectivity index is 1.65. The number of amides is 2. The van der Waals surface area contributed by atoms with Crippen molar-refractivity contribution in [3.05, 3.63) is 34.7 Å². The third kappa shape index (κ3) is 4.27. The Bertz CT molecular complexity index is 742. The van der Waals surface area contributed by atoms with Crippen molar-refractivity contribution in [1.82, 2.24) is 9.80 Å². The average molecular weight is 391 g/mol. The largest absolute Gasteiger partial charge is 0.496 e. The summed E-state index contributed by atoms with van der Waals surface area (Å²) in [6.07, 6.45) is 5.42. The van der Waals surface area contributed by atoms with Crippen LogP contribution < -0.4 is 4.74 Å². The molecule has 1 aromatic carbocycles. The van der Waals surface area contributed by atoms with Crippen molar-refractivity contribution in [3.8, 4) is 5.75 Å². The first kappa shape index (κ1) is 18.9. The number of likely N-dealkylation sites (tertiary alicyclic amines) is 1. The number of rotatable bonds is 5. The van der Waals surface area contributed by atoms with E-state index in [1.807, 2.05) is 29.2 Å². The molecule has 0 spiro atoms. The van der Waals surface area contributed by atoms with Crippen LogP contribution in [0.15, 0.2) is 29.2 Å². The summed E-state index contributed by atoms with van der Waals surface area (Å²) < 4.78 is 5.83. The van der Waals surface area contributed by atoms with Gasteiger partial charge < -0.3 is 9.64 Å². The van der Waals surface area contributed by atoms with Crippen molar-refractivity contribution < 1.29 is 14.3 Å². The number of thioether (sulfide) groups is 1. The molecule has 26 heavy (non-hydrogen) atoms. The molecule has 0 saturated carbocycles. The summed E-state index contributed by atoms with van der Waals surface area (Å²) in [6, 6.07) is 7.52. The zero-order valence-electron chi connectivity index (χ0n) is 14.8. The molecule has 2 aliphatic heterocycles. The third-order valence-electron chi connectivity index (χ3n) is 4.56. The highest BCUT2D eigenvalue weighted by atomic mass is 32.2. The number of piperidine rings is 1. The van der Waals surface area contributed by atoms with E-state index in [2.05, 4.69) is 0 Å². The molecule has 2 aliphatic rings. The molecule has 0 aliphatic carbocycles. The van der Waals surface area contributed by atoms with Crippen molar-refractivity contribution in [1.29, 1.82) is 0 Å². The van der Waals surface area contributed by atoms with E-state index in [9.17, 15) is 9.59 Å². The number of thiocarbonyl (C=S) groups is 1. The topological polar surface area (TPSA) is 49.9 Å². The molecule has 0 unspecified atom stereocenters. The maximum atomic E-state index is 12.7. The van der Waals surface area contributed by atoms with Gasteiger partial charge in [0.05, 0.1) is 12.0 Å². The van der Waals surface area contributed by atoms with Gasteiger partial charge >= 0.3 is 0 Å². The number of nitrogens with zero attached hydrogens (tertiary/aromatic N) is 2. The second kappa shape index (κ2) is 8.68. The number of ether oxygens (including phenoxy) is 1. The minimum absolute atomic E-state index is 0.104. The molecule has 2 fully saturated rings. The van der Waals surface area contributed by atoms with Crippen LogP contribution in [0.3, 0.4) is 0 Å². The fourth-order valence-electron chi connectivity index (χ4n) is 3.13. The lowest BCUT2D eigenvalue weighted by atomic mass is 10.1. The van der Waals surface area contributed by atoms with Gasteiger partial charge in [0.15, 0.2) is 0 Å². The van der Waals surface area contributed by atoms with Gasteiger partial charge in [-0.25, -0.2) is 0 Å². The maximum Gasteiger partial charge on any atom is 0.266 e. The standard InChI is InChI=1S/C19H22N2O3S2/c1-24-15-8-4-3-7-14(15)13-16-18(23)21(19(25)26-16)12-9-17(22)20-10-5-2-6-11-20/h3-4,7-8,13H,2,5-6,9-12H2,1H3/b16-13+. The van der Waals surface area contributed by atoms with Gasteiger partial charge in [-0.15, -0.1) is 0 Å². The van der Waals surface area contributed by atoms with Gasteiger partial charge in [-0.1, -0.05) is 42.2 Å². The lowest BCUT2D eigenvalue weighted by Gasteiger charge is -2.27. The predicted octanol–water partition coefficient (Wildman–Crippen LogP) is 3.30. The summed E-state index contributed by atoms with van der Waals surface area (Å²) in [5, 5.41) is 0. The smallest absolute Gasteiger partial charge is 0.266 e. The van der Waals surface area contributed by atoms with Gasteiger partial charge in [-0.3, -0.25) is 14.5 Å². The molecular formula is C19H22N2O3S2. The van der Waals surface area contributed by atoms with Gasteiger partial charge in [0.2, 0.25) is 5.91 Å². The summed E-state index contributed by atoms with van der Waals surface area (Å²) in [5.41, 5.74) is 0.833. The fourth-order valence-corrected chi connectivity index (χ4v) is 4.43. The molecule has 138 valence electrons. The molecule has 2 amide bonds. The SMILES string of the molecule is COc1ccccc1/C=C1/SC(=S)N(CCC(=O)N2CCCCC2)C1=O. The summed E-state index contributed by atoms with van der Waals surface area (Å²) in [5.74, 6) is 0.669. The van der Waals surface area contributed by atoms with Gasteiger partial charge in [0, 0.05) is 31.6 Å². The first-order chi connectivity index (χ1) is 12.6. The van der Waals surface area contributed by atoms with Crippen molar-refractivity contribution in [3.63, 3.8) is 0 Å². The van der Waals surface area contributed by atoms with E-state index in [0.29, 0.717) is 27.9 Å². The first-order valence-corrected chi connectivity index (χ1v) is 9.99. The second-order valence-electron chi connectivity index (χ2n) is 6.27. The molecular weight excluding hydrogens is 368 g/mol. The minimum Gasteiger partial charge on any atom is -0.496 e. The summed E-state index contributed by atoms with van der Waals surface area (Å²) in [6.45, 7) is 1.99. The Hall–Kier alpha value is -1.86. The Labute approximate surface area is 163 Å². The minimum atomic E-state index is -0.141. The van der Waals surface area contributed by atoms with Crippen LogP contribution in [-0.4, -0.2) is 52.7 Å². The second-order valence-corrected chi connectivity index (χ2v) is 7.94. The highest BCUT2D eigenvalue weighted by molar-refractivity contribution is 8.26. The number of benzene rings is 1. The van der Waals surface area contributed by atoms with E-state index in [-0.39, 0.29) is 11.8 Å². The molecule has 2 saturated heterocycles. The molecule has 7 heteroatoms. The molecule has 0 radical (unpaired) electrons. The van der Waals surface area contributed by atoms with Crippen LogP contribution in [0.25, 0.3) is 6.08 Å². The molecule has 2 heterocycles. The van der Waals surface area contributed by atoms with Crippen LogP contribution in [0.1, 0.15) is 31.2 Å². The predicted molar refractivity (Wildman–Crippen MR) is 108 cm³/mol. The monoisotopic (exact) mass is 390 g/mol. The Morgan fingerprint density at radius 2 is 2.00 bits per heavy atom. The van der Waals surface area contributed by atoms with Crippen molar-refractivity contribution in [2.75, 3.05) is 26.7 Å². The van der Waals surface area contributed by atoms with Gasteiger partial charge in [0.1, 0.15) is 10.1 Å².